The first-order valence-electron chi connectivity index (χ1n) is 8.42. The number of carbonyl (C=O) groups excluding carboxylic acids is 2. The summed E-state index contributed by atoms with van der Waals surface area (Å²) in [5.41, 5.74) is 1.50. The minimum Gasteiger partial charge on any atom is -0.497 e. The first kappa shape index (κ1) is 18.3. The molecule has 0 saturated carbocycles. The van der Waals surface area contributed by atoms with Crippen LogP contribution in [0.25, 0.3) is 0 Å². The van der Waals surface area contributed by atoms with Crippen LogP contribution < -0.4 is 14.8 Å². The van der Waals surface area contributed by atoms with Gasteiger partial charge in [-0.1, -0.05) is 6.07 Å². The summed E-state index contributed by atoms with van der Waals surface area (Å²) in [6, 6.07) is 7.04. The Kier molecular flexibility index (Phi) is 5.78. The highest BCUT2D eigenvalue weighted by atomic mass is 32.1. The molecule has 6 nitrogen and oxygen atoms in total. The van der Waals surface area contributed by atoms with Crippen molar-refractivity contribution in [2.45, 2.75) is 25.7 Å². The SMILES string of the molecule is COC(=O)c1c(NC(=O)COc2cccc(OC)c2)sc2c1CCCC2. The Morgan fingerprint density at radius 3 is 2.69 bits per heavy atom. The van der Waals surface area contributed by atoms with Gasteiger partial charge in [-0.3, -0.25) is 4.79 Å². The first-order valence-corrected chi connectivity index (χ1v) is 9.23. The lowest BCUT2D eigenvalue weighted by atomic mass is 9.95. The number of anilines is 1. The Morgan fingerprint density at radius 2 is 1.92 bits per heavy atom. The zero-order chi connectivity index (χ0) is 18.5. The third kappa shape index (κ3) is 3.99. The number of aryl methyl sites for hydroxylation is 1. The van der Waals surface area contributed by atoms with Gasteiger partial charge in [0.1, 0.15) is 16.5 Å². The second-order valence-corrected chi connectivity index (χ2v) is 7.03. The van der Waals surface area contributed by atoms with Gasteiger partial charge in [-0.2, -0.15) is 0 Å². The van der Waals surface area contributed by atoms with E-state index in [0.717, 1.165) is 36.1 Å². The van der Waals surface area contributed by atoms with Crippen molar-refractivity contribution in [2.24, 2.45) is 0 Å². The Labute approximate surface area is 156 Å². The third-order valence-corrected chi connectivity index (χ3v) is 5.43. The molecular formula is C19H21NO5S. The molecule has 1 aromatic carbocycles. The molecule has 1 aromatic heterocycles. The number of benzene rings is 1. The zero-order valence-corrected chi connectivity index (χ0v) is 15.6. The van der Waals surface area contributed by atoms with Gasteiger partial charge in [-0.25, -0.2) is 4.79 Å². The number of thiophene rings is 1. The van der Waals surface area contributed by atoms with E-state index in [1.165, 1.54) is 18.4 Å². The molecule has 0 aliphatic heterocycles. The zero-order valence-electron chi connectivity index (χ0n) is 14.8. The van der Waals surface area contributed by atoms with Crippen molar-refractivity contribution in [3.8, 4) is 11.5 Å². The number of carbonyl (C=O) groups is 2. The summed E-state index contributed by atoms with van der Waals surface area (Å²) in [5.74, 6) is 0.463. The molecule has 1 aliphatic rings. The first-order chi connectivity index (χ1) is 12.6. The molecular weight excluding hydrogens is 354 g/mol. The second-order valence-electron chi connectivity index (χ2n) is 5.92. The highest BCUT2D eigenvalue weighted by Crippen LogP contribution is 2.38. The van der Waals surface area contributed by atoms with Crippen LogP contribution in [0.2, 0.25) is 0 Å². The van der Waals surface area contributed by atoms with Crippen LogP contribution in [0.3, 0.4) is 0 Å². The standard InChI is InChI=1S/C19H21NO5S/c1-23-12-6-5-7-13(10-12)25-11-16(21)20-18-17(19(22)24-2)14-8-3-4-9-15(14)26-18/h5-7,10H,3-4,8-9,11H2,1-2H3,(H,20,21). The van der Waals surface area contributed by atoms with Crippen molar-refractivity contribution in [1.29, 1.82) is 0 Å². The minimum absolute atomic E-state index is 0.156. The average Bonchev–Trinajstić information content (AvgIpc) is 3.03. The Balaban J connectivity index is 1.70. The van der Waals surface area contributed by atoms with E-state index in [1.54, 1.807) is 31.4 Å². The van der Waals surface area contributed by atoms with Crippen LogP contribution in [0.15, 0.2) is 24.3 Å². The minimum atomic E-state index is -0.409. The number of hydrogen-bond acceptors (Lipinski definition) is 6. The van der Waals surface area contributed by atoms with Crippen molar-refractivity contribution in [3.05, 3.63) is 40.3 Å². The van der Waals surface area contributed by atoms with Crippen molar-refractivity contribution in [3.63, 3.8) is 0 Å². The summed E-state index contributed by atoms with van der Waals surface area (Å²) in [5, 5.41) is 3.35. The third-order valence-electron chi connectivity index (χ3n) is 4.22. The van der Waals surface area contributed by atoms with Gasteiger partial charge in [0, 0.05) is 10.9 Å². The maximum Gasteiger partial charge on any atom is 0.341 e. The number of methoxy groups -OCH3 is 2. The average molecular weight is 375 g/mol. The predicted molar refractivity (Wildman–Crippen MR) is 99.4 cm³/mol. The molecule has 1 N–H and O–H groups in total. The van der Waals surface area contributed by atoms with Gasteiger partial charge in [-0.15, -0.1) is 11.3 Å². The molecule has 0 radical (unpaired) electrons. The maximum atomic E-state index is 12.3. The van der Waals surface area contributed by atoms with Crippen LogP contribution in [0.5, 0.6) is 11.5 Å². The van der Waals surface area contributed by atoms with Gasteiger partial charge >= 0.3 is 5.97 Å². The van der Waals surface area contributed by atoms with Crippen LogP contribution >= 0.6 is 11.3 Å². The fourth-order valence-corrected chi connectivity index (χ4v) is 4.27. The van der Waals surface area contributed by atoms with Crippen molar-refractivity contribution < 1.29 is 23.8 Å². The number of esters is 1. The fraction of sp³-hybridized carbons (Fsp3) is 0.368. The van der Waals surface area contributed by atoms with Gasteiger partial charge in [0.25, 0.3) is 5.91 Å². The molecule has 0 atom stereocenters. The Hall–Kier alpha value is -2.54. The van der Waals surface area contributed by atoms with Gasteiger partial charge in [-0.05, 0) is 43.4 Å². The monoisotopic (exact) mass is 375 g/mol. The van der Waals surface area contributed by atoms with Crippen LogP contribution in [-0.2, 0) is 22.4 Å². The van der Waals surface area contributed by atoms with Gasteiger partial charge in [0.15, 0.2) is 6.61 Å². The van der Waals surface area contributed by atoms with E-state index >= 15 is 0 Å². The smallest absolute Gasteiger partial charge is 0.341 e. The number of rotatable bonds is 6. The highest BCUT2D eigenvalue weighted by molar-refractivity contribution is 7.17. The summed E-state index contributed by atoms with van der Waals surface area (Å²) in [4.78, 5) is 25.6. The molecule has 0 unspecified atom stereocenters. The number of hydrogen-bond donors (Lipinski definition) is 1. The Morgan fingerprint density at radius 1 is 1.15 bits per heavy atom. The van der Waals surface area contributed by atoms with Gasteiger partial charge < -0.3 is 19.5 Å². The fourth-order valence-electron chi connectivity index (χ4n) is 2.97. The number of nitrogens with one attached hydrogen (secondary N) is 1. The molecule has 1 heterocycles. The van der Waals surface area contributed by atoms with Gasteiger partial charge in [0.2, 0.25) is 0 Å². The summed E-state index contributed by atoms with van der Waals surface area (Å²) in [7, 11) is 2.92. The summed E-state index contributed by atoms with van der Waals surface area (Å²) < 4.78 is 15.5. The van der Waals surface area contributed by atoms with Crippen molar-refractivity contribution >= 4 is 28.2 Å². The van der Waals surface area contributed by atoms with Crippen LogP contribution in [0, 0.1) is 0 Å². The number of amides is 1. The van der Waals surface area contributed by atoms with Crippen LogP contribution in [0.1, 0.15) is 33.6 Å². The largest absolute Gasteiger partial charge is 0.497 e. The van der Waals surface area contributed by atoms with E-state index in [9.17, 15) is 9.59 Å². The molecule has 0 saturated heterocycles. The predicted octanol–water partition coefficient (Wildman–Crippen LogP) is 3.44. The highest BCUT2D eigenvalue weighted by Gasteiger charge is 2.26. The lowest BCUT2D eigenvalue weighted by Crippen LogP contribution is -2.21. The quantitative estimate of drug-likeness (QED) is 0.783. The maximum absolute atomic E-state index is 12.3. The van der Waals surface area contributed by atoms with E-state index in [1.807, 2.05) is 0 Å². The molecule has 3 rings (SSSR count). The van der Waals surface area contributed by atoms with E-state index in [2.05, 4.69) is 5.32 Å². The summed E-state index contributed by atoms with van der Waals surface area (Å²) in [6.07, 6.45) is 3.91. The molecule has 0 fully saturated rings. The normalized spacial score (nSPS) is 12.8. The lowest BCUT2D eigenvalue weighted by Gasteiger charge is -2.12. The molecule has 0 bridgehead atoms. The van der Waals surface area contributed by atoms with E-state index in [-0.39, 0.29) is 12.5 Å². The van der Waals surface area contributed by atoms with Gasteiger partial charge in [0.05, 0.1) is 19.8 Å². The number of fused-ring (bicyclic) bond motifs is 1. The second kappa shape index (κ2) is 8.23. The van der Waals surface area contributed by atoms with E-state index < -0.39 is 5.97 Å². The van der Waals surface area contributed by atoms with Crippen LogP contribution in [-0.4, -0.2) is 32.7 Å². The molecule has 1 amide bonds. The van der Waals surface area contributed by atoms with Crippen molar-refractivity contribution in [2.75, 3.05) is 26.1 Å². The summed E-state index contributed by atoms with van der Waals surface area (Å²) >= 11 is 1.45. The number of ether oxygens (including phenoxy) is 3. The summed E-state index contributed by atoms with van der Waals surface area (Å²) in [6.45, 7) is -0.156. The Bertz CT molecular complexity index is 814. The van der Waals surface area contributed by atoms with Crippen LogP contribution in [0.4, 0.5) is 5.00 Å². The molecule has 7 heteroatoms. The van der Waals surface area contributed by atoms with E-state index in [0.29, 0.717) is 22.1 Å². The van der Waals surface area contributed by atoms with Crippen molar-refractivity contribution in [1.82, 2.24) is 0 Å². The molecule has 1 aliphatic carbocycles. The molecule has 26 heavy (non-hydrogen) atoms. The molecule has 138 valence electrons. The van der Waals surface area contributed by atoms with E-state index in [4.69, 9.17) is 14.2 Å². The molecule has 2 aromatic rings. The lowest BCUT2D eigenvalue weighted by molar-refractivity contribution is -0.118. The molecule has 0 spiro atoms. The topological polar surface area (TPSA) is 73.9 Å².